The molecule has 1 aromatic carbocycles. The van der Waals surface area contributed by atoms with Crippen LogP contribution in [0.3, 0.4) is 0 Å². The van der Waals surface area contributed by atoms with Gasteiger partial charge in [-0.2, -0.15) is 0 Å². The first-order valence-corrected chi connectivity index (χ1v) is 7.21. The van der Waals surface area contributed by atoms with Crippen LogP contribution in [-0.4, -0.2) is 39.5 Å². The molecule has 7 nitrogen and oxygen atoms in total. The summed E-state index contributed by atoms with van der Waals surface area (Å²) < 4.78 is 10.4. The molecule has 1 atom stereocenters. The number of aliphatic hydroxyl groups is 1. The van der Waals surface area contributed by atoms with Gasteiger partial charge in [-0.25, -0.2) is 14.4 Å². The molecule has 0 aliphatic heterocycles. The van der Waals surface area contributed by atoms with Crippen molar-refractivity contribution in [1.29, 1.82) is 0 Å². The van der Waals surface area contributed by atoms with Crippen molar-refractivity contribution in [3.63, 3.8) is 0 Å². The second-order valence-corrected chi connectivity index (χ2v) is 5.53. The fraction of sp³-hybridized carbons (Fsp3) is 0.353. The highest BCUT2D eigenvalue weighted by Gasteiger charge is 2.50. The van der Waals surface area contributed by atoms with Crippen molar-refractivity contribution in [3.8, 4) is 0 Å². The highest BCUT2D eigenvalue weighted by atomic mass is 16.7. The molecule has 0 aliphatic rings. The average Bonchev–Trinajstić information content (AvgIpc) is 2.52. The van der Waals surface area contributed by atoms with Crippen LogP contribution in [0, 0.1) is 0 Å². The molecule has 0 spiro atoms. The van der Waals surface area contributed by atoms with E-state index >= 15 is 0 Å². The molecule has 0 heterocycles. The smallest absolute Gasteiger partial charge is 0.342 e. The van der Waals surface area contributed by atoms with Gasteiger partial charge in [0.1, 0.15) is 5.60 Å². The topological polar surface area (TPSA) is 110 Å². The van der Waals surface area contributed by atoms with Crippen LogP contribution in [0.1, 0.15) is 47.9 Å². The minimum atomic E-state index is -2.00. The molecule has 1 rings (SSSR count). The Balaban J connectivity index is 3.29. The van der Waals surface area contributed by atoms with Crippen molar-refractivity contribution in [2.45, 2.75) is 38.6 Å². The molecule has 0 bridgehead atoms. The molecule has 1 unspecified atom stereocenters. The number of carbonyl (C=O) groups is 3. The number of hydrogen-bond donors (Lipinski definition) is 2. The fourth-order valence-corrected chi connectivity index (χ4v) is 2.10. The molecular weight excluding hydrogens is 316 g/mol. The minimum Gasteiger partial charge on any atom is -0.478 e. The van der Waals surface area contributed by atoms with Crippen LogP contribution in [0.4, 0.5) is 0 Å². The number of carboxylic acid groups (broad SMARTS) is 1. The summed E-state index contributed by atoms with van der Waals surface area (Å²) in [6.45, 7) is 7.43. The normalized spacial score (nSPS) is 13.5. The van der Waals surface area contributed by atoms with Crippen molar-refractivity contribution in [1.82, 2.24) is 0 Å². The van der Waals surface area contributed by atoms with E-state index in [9.17, 15) is 19.5 Å². The number of rotatable bonds is 7. The highest BCUT2D eigenvalue weighted by Crippen LogP contribution is 2.33. The van der Waals surface area contributed by atoms with Gasteiger partial charge in [-0.1, -0.05) is 25.6 Å². The molecule has 0 saturated carbocycles. The van der Waals surface area contributed by atoms with Crippen LogP contribution in [0.2, 0.25) is 0 Å². The van der Waals surface area contributed by atoms with Gasteiger partial charge in [-0.15, -0.1) is 0 Å². The first kappa shape index (κ1) is 19.4. The van der Waals surface area contributed by atoms with Gasteiger partial charge in [0, 0.05) is 12.5 Å². The summed E-state index contributed by atoms with van der Waals surface area (Å²) in [5, 5.41) is 19.5. The van der Waals surface area contributed by atoms with Gasteiger partial charge in [-0.3, -0.25) is 0 Å². The SMILES string of the molecule is C=CC(=O)OC(CC)(OC(=O)c1ccccc1C(=O)O)C(C)(C)O. The average molecular weight is 336 g/mol. The zero-order valence-electron chi connectivity index (χ0n) is 13.7. The number of carbonyl (C=O) groups excluding carboxylic acids is 2. The third-order valence-corrected chi connectivity index (χ3v) is 3.46. The Morgan fingerprint density at radius 1 is 1.17 bits per heavy atom. The number of aromatic carboxylic acids is 1. The lowest BCUT2D eigenvalue weighted by Crippen LogP contribution is -2.55. The highest BCUT2D eigenvalue weighted by molar-refractivity contribution is 6.02. The number of ether oxygens (including phenoxy) is 2. The van der Waals surface area contributed by atoms with Crippen LogP contribution >= 0.6 is 0 Å². The number of esters is 2. The Kier molecular flexibility index (Phi) is 5.87. The van der Waals surface area contributed by atoms with Gasteiger partial charge >= 0.3 is 17.9 Å². The zero-order chi connectivity index (χ0) is 18.5. The first-order valence-electron chi connectivity index (χ1n) is 7.21. The second-order valence-electron chi connectivity index (χ2n) is 5.53. The van der Waals surface area contributed by atoms with E-state index < -0.39 is 29.3 Å². The molecule has 0 aliphatic carbocycles. The van der Waals surface area contributed by atoms with E-state index in [0.29, 0.717) is 0 Å². The third-order valence-electron chi connectivity index (χ3n) is 3.46. The Hall–Kier alpha value is -2.67. The van der Waals surface area contributed by atoms with Gasteiger partial charge in [0.15, 0.2) is 0 Å². The van der Waals surface area contributed by atoms with Crippen molar-refractivity contribution in [3.05, 3.63) is 48.0 Å². The lowest BCUT2D eigenvalue weighted by molar-refractivity contribution is -0.272. The Bertz CT molecular complexity index is 657. The maximum atomic E-state index is 12.4. The molecule has 1 aromatic rings. The fourth-order valence-electron chi connectivity index (χ4n) is 2.10. The predicted octanol–water partition coefficient (Wildman–Crippen LogP) is 2.15. The minimum absolute atomic E-state index is 0.0585. The molecular formula is C17H20O7. The van der Waals surface area contributed by atoms with Crippen LogP contribution < -0.4 is 0 Å². The monoisotopic (exact) mass is 336 g/mol. The number of carboxylic acids is 1. The summed E-state index contributed by atoms with van der Waals surface area (Å²) in [7, 11) is 0. The lowest BCUT2D eigenvalue weighted by Gasteiger charge is -2.40. The van der Waals surface area contributed by atoms with Gasteiger partial charge in [0.25, 0.3) is 5.79 Å². The summed E-state index contributed by atoms with van der Waals surface area (Å²) >= 11 is 0. The van der Waals surface area contributed by atoms with E-state index in [2.05, 4.69) is 6.58 Å². The summed E-state index contributed by atoms with van der Waals surface area (Å²) in [5.41, 5.74) is -2.23. The quantitative estimate of drug-likeness (QED) is 0.446. The van der Waals surface area contributed by atoms with Crippen LogP contribution in [0.25, 0.3) is 0 Å². The Morgan fingerprint density at radius 3 is 2.12 bits per heavy atom. The van der Waals surface area contributed by atoms with Crippen LogP contribution in [0.15, 0.2) is 36.9 Å². The molecule has 130 valence electrons. The Labute approximate surface area is 139 Å². The van der Waals surface area contributed by atoms with Crippen molar-refractivity contribution < 1.29 is 34.1 Å². The van der Waals surface area contributed by atoms with E-state index in [1.807, 2.05) is 0 Å². The molecule has 0 amide bonds. The molecule has 0 fully saturated rings. The molecule has 0 aromatic heterocycles. The van der Waals surface area contributed by atoms with Gasteiger partial charge in [0.05, 0.1) is 11.1 Å². The van der Waals surface area contributed by atoms with Crippen LogP contribution in [-0.2, 0) is 14.3 Å². The van der Waals surface area contributed by atoms with E-state index in [1.54, 1.807) is 6.92 Å². The molecule has 7 heteroatoms. The maximum absolute atomic E-state index is 12.4. The summed E-state index contributed by atoms with van der Waals surface area (Å²) in [6.07, 6.45) is 0.812. The summed E-state index contributed by atoms with van der Waals surface area (Å²) in [6, 6.07) is 5.44. The summed E-state index contributed by atoms with van der Waals surface area (Å²) in [4.78, 5) is 35.3. The number of hydrogen-bond acceptors (Lipinski definition) is 6. The van der Waals surface area contributed by atoms with Gasteiger partial charge in [0.2, 0.25) is 0 Å². The number of benzene rings is 1. The van der Waals surface area contributed by atoms with Gasteiger partial charge in [-0.05, 0) is 26.0 Å². The van der Waals surface area contributed by atoms with Crippen molar-refractivity contribution in [2.75, 3.05) is 0 Å². The first-order chi connectivity index (χ1) is 11.1. The standard InChI is InChI=1S/C17H20O7/c1-5-13(18)23-17(6-2,16(3,4)22)24-15(21)12-10-8-7-9-11(12)14(19)20/h5,7-10,22H,1,6H2,2-4H3,(H,19,20). The maximum Gasteiger partial charge on any atom is 0.342 e. The van der Waals surface area contributed by atoms with E-state index in [1.165, 1.54) is 38.1 Å². The lowest BCUT2D eigenvalue weighted by atomic mass is 9.94. The molecule has 24 heavy (non-hydrogen) atoms. The van der Waals surface area contributed by atoms with E-state index in [0.717, 1.165) is 6.08 Å². The van der Waals surface area contributed by atoms with E-state index in [-0.39, 0.29) is 17.5 Å². The van der Waals surface area contributed by atoms with E-state index in [4.69, 9.17) is 14.6 Å². The predicted molar refractivity (Wildman–Crippen MR) is 84.4 cm³/mol. The largest absolute Gasteiger partial charge is 0.478 e. The van der Waals surface area contributed by atoms with Gasteiger partial charge < -0.3 is 19.7 Å². The molecule has 2 N–H and O–H groups in total. The molecule has 0 radical (unpaired) electrons. The second kappa shape index (κ2) is 7.27. The van der Waals surface area contributed by atoms with Crippen LogP contribution in [0.5, 0.6) is 0 Å². The molecule has 0 saturated heterocycles. The zero-order valence-corrected chi connectivity index (χ0v) is 13.7. The summed E-state index contributed by atoms with van der Waals surface area (Å²) in [5.74, 6) is -5.23. The van der Waals surface area contributed by atoms with Crippen molar-refractivity contribution in [2.24, 2.45) is 0 Å². The third kappa shape index (κ3) is 3.99. The Morgan fingerprint density at radius 2 is 1.71 bits per heavy atom. The van der Waals surface area contributed by atoms with Crippen molar-refractivity contribution >= 4 is 17.9 Å².